The molecule has 0 aliphatic rings. The van der Waals surface area contributed by atoms with Crippen LogP contribution in [-0.2, 0) is 24.0 Å². The zero-order valence-electron chi connectivity index (χ0n) is 17.3. The Balaban J connectivity index is 5.16. The molecule has 0 saturated heterocycles. The van der Waals surface area contributed by atoms with Gasteiger partial charge in [-0.15, -0.1) is 0 Å². The largest absolute Gasteiger partial charge is 0.481 e. The first kappa shape index (κ1) is 29.4. The standard InChI is InChI=1S/C17H30N4O7S3/c1-30-5-3-9(18)14(24)19-10(4-6-31-2)15(25)21-12(8-29)16(26)20-11(17(27)28)7-13(22)23/h9-12,29H,3-8,18H2,1-2H3,(H,19,24)(H,20,26)(H,21,25)(H,22,23)(H,27,28). The molecule has 11 nitrogen and oxygen atoms in total. The number of carboxylic acid groups (broad SMARTS) is 2. The van der Waals surface area contributed by atoms with E-state index in [9.17, 15) is 24.0 Å². The van der Waals surface area contributed by atoms with E-state index in [1.807, 2.05) is 12.5 Å². The fourth-order valence-corrected chi connectivity index (χ4v) is 3.49. The number of nitrogens with two attached hydrogens (primary N) is 1. The summed E-state index contributed by atoms with van der Waals surface area (Å²) in [7, 11) is 0. The number of nitrogens with one attached hydrogen (secondary N) is 3. The second kappa shape index (κ2) is 16.1. The maximum Gasteiger partial charge on any atom is 0.326 e. The predicted molar refractivity (Wildman–Crippen MR) is 124 cm³/mol. The number of carbonyl (C=O) groups excluding carboxylic acids is 3. The molecule has 0 aliphatic carbocycles. The van der Waals surface area contributed by atoms with E-state index in [1.54, 1.807) is 0 Å². The number of hydrogen-bond acceptors (Lipinski definition) is 9. The van der Waals surface area contributed by atoms with E-state index in [2.05, 4.69) is 28.6 Å². The Morgan fingerprint density at radius 2 is 1.32 bits per heavy atom. The fraction of sp³-hybridized carbons (Fsp3) is 0.706. The van der Waals surface area contributed by atoms with Crippen LogP contribution in [0.2, 0.25) is 0 Å². The summed E-state index contributed by atoms with van der Waals surface area (Å²) in [5.41, 5.74) is 5.84. The second-order valence-electron chi connectivity index (χ2n) is 6.47. The molecule has 0 aliphatic heterocycles. The Kier molecular flexibility index (Phi) is 15.2. The molecule has 0 saturated carbocycles. The van der Waals surface area contributed by atoms with E-state index in [4.69, 9.17) is 15.9 Å². The van der Waals surface area contributed by atoms with Gasteiger partial charge in [-0.3, -0.25) is 19.2 Å². The second-order valence-corrected chi connectivity index (χ2v) is 8.81. The van der Waals surface area contributed by atoms with Gasteiger partial charge in [-0.25, -0.2) is 4.79 Å². The van der Waals surface area contributed by atoms with Gasteiger partial charge in [0, 0.05) is 5.75 Å². The maximum absolute atomic E-state index is 12.7. The van der Waals surface area contributed by atoms with Crippen molar-refractivity contribution in [3.05, 3.63) is 0 Å². The average molecular weight is 499 g/mol. The summed E-state index contributed by atoms with van der Waals surface area (Å²) in [6.07, 6.45) is 3.61. The SMILES string of the molecule is CSCCC(N)C(=O)NC(CCSC)C(=O)NC(CS)C(=O)NC(CC(=O)O)C(=O)O. The van der Waals surface area contributed by atoms with Crippen molar-refractivity contribution in [2.45, 2.75) is 43.4 Å². The summed E-state index contributed by atoms with van der Waals surface area (Å²) in [6, 6.07) is -4.63. The van der Waals surface area contributed by atoms with E-state index in [-0.39, 0.29) is 12.2 Å². The molecule has 3 amide bonds. The van der Waals surface area contributed by atoms with Crippen molar-refractivity contribution in [2.24, 2.45) is 5.73 Å². The molecule has 0 aromatic carbocycles. The Hall–Kier alpha value is -1.64. The normalized spacial score (nSPS) is 14.6. The van der Waals surface area contributed by atoms with Crippen LogP contribution in [0.3, 0.4) is 0 Å². The molecule has 0 bridgehead atoms. The van der Waals surface area contributed by atoms with E-state index in [0.29, 0.717) is 17.9 Å². The number of amides is 3. The Labute approximate surface area is 194 Å². The minimum absolute atomic E-state index is 0.173. The van der Waals surface area contributed by atoms with Gasteiger partial charge in [-0.1, -0.05) is 0 Å². The molecule has 178 valence electrons. The summed E-state index contributed by atoms with van der Waals surface area (Å²) in [5.74, 6) is -3.92. The molecule has 0 aromatic rings. The lowest BCUT2D eigenvalue weighted by atomic mass is 10.1. The van der Waals surface area contributed by atoms with Crippen LogP contribution in [-0.4, -0.2) is 93.8 Å². The quantitative estimate of drug-likeness (QED) is 0.127. The van der Waals surface area contributed by atoms with Crippen LogP contribution in [0.15, 0.2) is 0 Å². The van der Waals surface area contributed by atoms with Crippen molar-refractivity contribution < 1.29 is 34.2 Å². The van der Waals surface area contributed by atoms with Gasteiger partial charge in [0.25, 0.3) is 0 Å². The Morgan fingerprint density at radius 3 is 1.81 bits per heavy atom. The highest BCUT2D eigenvalue weighted by atomic mass is 32.2. The molecule has 0 aromatic heterocycles. The molecule has 0 heterocycles. The molecule has 14 heteroatoms. The zero-order chi connectivity index (χ0) is 24.0. The fourth-order valence-electron chi connectivity index (χ4n) is 2.27. The summed E-state index contributed by atoms with van der Waals surface area (Å²) >= 11 is 7.00. The van der Waals surface area contributed by atoms with Crippen molar-refractivity contribution in [3.63, 3.8) is 0 Å². The lowest BCUT2D eigenvalue weighted by molar-refractivity contribution is -0.147. The maximum atomic E-state index is 12.7. The molecule has 7 N–H and O–H groups in total. The van der Waals surface area contributed by atoms with Gasteiger partial charge in [0.15, 0.2) is 0 Å². The number of thiol groups is 1. The first-order valence-corrected chi connectivity index (χ1v) is 12.7. The highest BCUT2D eigenvalue weighted by Crippen LogP contribution is 2.05. The molecule has 0 rings (SSSR count). The number of carbonyl (C=O) groups is 5. The van der Waals surface area contributed by atoms with Gasteiger partial charge in [-0.05, 0) is 36.9 Å². The Bertz CT molecular complexity index is 639. The van der Waals surface area contributed by atoms with E-state index >= 15 is 0 Å². The predicted octanol–water partition coefficient (Wildman–Crippen LogP) is -1.24. The van der Waals surface area contributed by atoms with Gasteiger partial charge in [0.2, 0.25) is 17.7 Å². The third-order valence-electron chi connectivity index (χ3n) is 4.02. The third kappa shape index (κ3) is 12.1. The molecule has 0 radical (unpaired) electrons. The molecule has 0 fully saturated rings. The molecule has 31 heavy (non-hydrogen) atoms. The summed E-state index contributed by atoms with van der Waals surface area (Å²) in [6.45, 7) is 0. The topological polar surface area (TPSA) is 188 Å². The van der Waals surface area contributed by atoms with Gasteiger partial charge in [0.05, 0.1) is 12.5 Å². The van der Waals surface area contributed by atoms with Crippen LogP contribution in [0.5, 0.6) is 0 Å². The van der Waals surface area contributed by atoms with Crippen LogP contribution >= 0.6 is 36.2 Å². The van der Waals surface area contributed by atoms with Crippen LogP contribution in [0.25, 0.3) is 0 Å². The van der Waals surface area contributed by atoms with E-state index < -0.39 is 60.2 Å². The third-order valence-corrected chi connectivity index (χ3v) is 5.68. The molecular weight excluding hydrogens is 468 g/mol. The van der Waals surface area contributed by atoms with Crippen molar-refractivity contribution in [1.82, 2.24) is 16.0 Å². The number of rotatable bonds is 16. The smallest absolute Gasteiger partial charge is 0.326 e. The van der Waals surface area contributed by atoms with E-state index in [1.165, 1.54) is 23.5 Å². The highest BCUT2D eigenvalue weighted by Gasteiger charge is 2.30. The number of thioether (sulfide) groups is 2. The minimum Gasteiger partial charge on any atom is -0.481 e. The highest BCUT2D eigenvalue weighted by molar-refractivity contribution is 7.98. The van der Waals surface area contributed by atoms with Gasteiger partial charge < -0.3 is 31.9 Å². The molecule has 0 spiro atoms. The van der Waals surface area contributed by atoms with Crippen LogP contribution in [0, 0.1) is 0 Å². The summed E-state index contributed by atoms with van der Waals surface area (Å²) < 4.78 is 0. The molecular formula is C17H30N4O7S3. The summed E-state index contributed by atoms with van der Waals surface area (Å²) in [4.78, 5) is 59.2. The van der Waals surface area contributed by atoms with Gasteiger partial charge >= 0.3 is 11.9 Å². The number of hydrogen-bond donors (Lipinski definition) is 7. The van der Waals surface area contributed by atoms with Gasteiger partial charge in [-0.2, -0.15) is 36.2 Å². The van der Waals surface area contributed by atoms with Crippen molar-refractivity contribution in [1.29, 1.82) is 0 Å². The van der Waals surface area contributed by atoms with Crippen LogP contribution in [0.1, 0.15) is 19.3 Å². The number of carboxylic acids is 2. The summed E-state index contributed by atoms with van der Waals surface area (Å²) in [5, 5.41) is 24.9. The zero-order valence-corrected chi connectivity index (χ0v) is 19.9. The lowest BCUT2D eigenvalue weighted by Crippen LogP contribution is -2.58. The van der Waals surface area contributed by atoms with Crippen LogP contribution < -0.4 is 21.7 Å². The first-order valence-electron chi connectivity index (χ1n) is 9.27. The Morgan fingerprint density at radius 1 is 0.839 bits per heavy atom. The molecule has 4 atom stereocenters. The molecule has 4 unspecified atom stereocenters. The number of aliphatic carboxylic acids is 2. The van der Waals surface area contributed by atoms with Crippen molar-refractivity contribution in [3.8, 4) is 0 Å². The van der Waals surface area contributed by atoms with Gasteiger partial charge in [0.1, 0.15) is 18.1 Å². The van der Waals surface area contributed by atoms with E-state index in [0.717, 1.165) is 0 Å². The van der Waals surface area contributed by atoms with Crippen LogP contribution in [0.4, 0.5) is 0 Å². The lowest BCUT2D eigenvalue weighted by Gasteiger charge is -2.24. The van der Waals surface area contributed by atoms with Crippen molar-refractivity contribution in [2.75, 3.05) is 29.8 Å². The first-order chi connectivity index (χ1) is 14.6. The minimum atomic E-state index is -1.66. The van der Waals surface area contributed by atoms with Crippen molar-refractivity contribution >= 4 is 65.8 Å². The monoisotopic (exact) mass is 498 g/mol. The average Bonchev–Trinajstić information content (AvgIpc) is 2.71.